The highest BCUT2D eigenvalue weighted by Gasteiger charge is 2.40. The van der Waals surface area contributed by atoms with Crippen LogP contribution in [0.5, 0.6) is 0 Å². The lowest BCUT2D eigenvalue weighted by Gasteiger charge is -2.35. The van der Waals surface area contributed by atoms with Crippen molar-refractivity contribution >= 4 is 17.7 Å². The third-order valence-electron chi connectivity index (χ3n) is 3.76. The van der Waals surface area contributed by atoms with E-state index in [4.69, 9.17) is 0 Å². The van der Waals surface area contributed by atoms with Gasteiger partial charge in [-0.2, -0.15) is 0 Å². The summed E-state index contributed by atoms with van der Waals surface area (Å²) in [6.07, 6.45) is 0.527. The quantitative estimate of drug-likeness (QED) is 0.626. The van der Waals surface area contributed by atoms with E-state index in [-0.39, 0.29) is 30.2 Å². The average molecular weight is 253 g/mol. The van der Waals surface area contributed by atoms with Crippen LogP contribution in [-0.4, -0.2) is 48.3 Å². The van der Waals surface area contributed by atoms with E-state index in [0.717, 1.165) is 6.54 Å². The first-order chi connectivity index (χ1) is 8.54. The molecule has 0 bridgehead atoms. The van der Waals surface area contributed by atoms with Crippen molar-refractivity contribution in [3.05, 3.63) is 0 Å². The van der Waals surface area contributed by atoms with Gasteiger partial charge in [-0.3, -0.25) is 19.7 Å². The lowest BCUT2D eigenvalue weighted by Crippen LogP contribution is -2.61. The third-order valence-corrected chi connectivity index (χ3v) is 3.76. The number of nitrogens with zero attached hydrogens (tertiary/aromatic N) is 1. The highest BCUT2D eigenvalue weighted by molar-refractivity contribution is 6.04. The van der Waals surface area contributed by atoms with Crippen LogP contribution in [0.4, 0.5) is 0 Å². The molecule has 0 spiro atoms. The maximum atomic E-state index is 12.4. The molecule has 2 aliphatic heterocycles. The molecular formula is C12H19N3O3. The minimum absolute atomic E-state index is 0.00764. The fraction of sp³-hybridized carbons (Fsp3) is 0.750. The van der Waals surface area contributed by atoms with Crippen LogP contribution in [0.15, 0.2) is 0 Å². The lowest BCUT2D eigenvalue weighted by molar-refractivity contribution is -0.152. The van der Waals surface area contributed by atoms with Crippen molar-refractivity contribution in [2.24, 2.45) is 11.8 Å². The Hall–Kier alpha value is -1.43. The molecule has 3 amide bonds. The van der Waals surface area contributed by atoms with E-state index in [0.29, 0.717) is 13.0 Å². The van der Waals surface area contributed by atoms with Gasteiger partial charge in [0.05, 0.1) is 5.92 Å². The summed E-state index contributed by atoms with van der Waals surface area (Å²) in [6, 6.07) is -0.511. The van der Waals surface area contributed by atoms with Crippen molar-refractivity contribution in [2.75, 3.05) is 19.6 Å². The Balaban J connectivity index is 2.15. The molecule has 0 saturated carbocycles. The molecule has 2 aliphatic rings. The second-order valence-corrected chi connectivity index (χ2v) is 5.04. The highest BCUT2D eigenvalue weighted by atomic mass is 16.2. The van der Waals surface area contributed by atoms with Crippen molar-refractivity contribution in [3.63, 3.8) is 0 Å². The van der Waals surface area contributed by atoms with Gasteiger partial charge in [0.15, 0.2) is 0 Å². The standard InChI is InChI=1S/C12H19N3O3/c1-3-9-11(17)14-10(16)6-15(9)12(18)8-5-13-4-7(8)2/h7-9,13H,3-6H2,1-2H3,(H,14,16,17)/t7-,8-,9?/m1/s1. The molecule has 0 radical (unpaired) electrons. The molecule has 2 rings (SSSR count). The second kappa shape index (κ2) is 5.06. The number of amides is 3. The van der Waals surface area contributed by atoms with Crippen LogP contribution in [0.1, 0.15) is 20.3 Å². The fourth-order valence-corrected chi connectivity index (χ4v) is 2.66. The zero-order valence-corrected chi connectivity index (χ0v) is 10.7. The fourth-order valence-electron chi connectivity index (χ4n) is 2.66. The van der Waals surface area contributed by atoms with Crippen molar-refractivity contribution in [1.29, 1.82) is 0 Å². The predicted molar refractivity (Wildman–Crippen MR) is 64.5 cm³/mol. The molecule has 0 aromatic carbocycles. The Morgan fingerprint density at radius 3 is 2.67 bits per heavy atom. The van der Waals surface area contributed by atoms with E-state index in [1.807, 2.05) is 13.8 Å². The topological polar surface area (TPSA) is 78.5 Å². The Morgan fingerprint density at radius 2 is 2.11 bits per heavy atom. The van der Waals surface area contributed by atoms with Crippen LogP contribution in [0.3, 0.4) is 0 Å². The Bertz CT molecular complexity index is 383. The summed E-state index contributed by atoms with van der Waals surface area (Å²) in [5.74, 6) is -0.715. The summed E-state index contributed by atoms with van der Waals surface area (Å²) in [5, 5.41) is 5.44. The van der Waals surface area contributed by atoms with Gasteiger partial charge < -0.3 is 10.2 Å². The average Bonchev–Trinajstić information content (AvgIpc) is 2.73. The zero-order chi connectivity index (χ0) is 13.3. The van der Waals surface area contributed by atoms with Crippen molar-refractivity contribution < 1.29 is 14.4 Å². The Kier molecular flexibility index (Phi) is 3.65. The summed E-state index contributed by atoms with van der Waals surface area (Å²) in [7, 11) is 0. The maximum Gasteiger partial charge on any atom is 0.249 e. The minimum Gasteiger partial charge on any atom is -0.321 e. The molecule has 6 nitrogen and oxygen atoms in total. The predicted octanol–water partition coefficient (Wildman–Crippen LogP) is -0.894. The summed E-state index contributed by atoms with van der Waals surface area (Å²) < 4.78 is 0. The van der Waals surface area contributed by atoms with E-state index >= 15 is 0 Å². The highest BCUT2D eigenvalue weighted by Crippen LogP contribution is 2.21. The summed E-state index contributed by atoms with van der Waals surface area (Å²) in [6.45, 7) is 5.28. The number of rotatable bonds is 2. The van der Waals surface area contributed by atoms with Gasteiger partial charge in [-0.1, -0.05) is 13.8 Å². The number of imide groups is 1. The number of hydrogen-bond acceptors (Lipinski definition) is 4. The maximum absolute atomic E-state index is 12.4. The van der Waals surface area contributed by atoms with Crippen LogP contribution in [-0.2, 0) is 14.4 Å². The second-order valence-electron chi connectivity index (χ2n) is 5.04. The molecule has 0 aliphatic carbocycles. The molecule has 2 N–H and O–H groups in total. The van der Waals surface area contributed by atoms with Crippen molar-refractivity contribution in [1.82, 2.24) is 15.5 Å². The molecule has 2 heterocycles. The SMILES string of the molecule is CCC1C(=O)NC(=O)CN1C(=O)[C@@H]1CNC[C@H]1C. The third kappa shape index (κ3) is 2.25. The van der Waals surface area contributed by atoms with Crippen LogP contribution < -0.4 is 10.6 Å². The monoisotopic (exact) mass is 253 g/mol. The van der Waals surface area contributed by atoms with Crippen LogP contribution >= 0.6 is 0 Å². The van der Waals surface area contributed by atoms with Gasteiger partial charge in [-0.15, -0.1) is 0 Å². The van der Waals surface area contributed by atoms with Crippen LogP contribution in [0.25, 0.3) is 0 Å². The molecular weight excluding hydrogens is 234 g/mol. The molecule has 0 aromatic heterocycles. The molecule has 2 saturated heterocycles. The summed E-state index contributed by atoms with van der Waals surface area (Å²) in [4.78, 5) is 37.0. The number of carbonyl (C=O) groups excluding carboxylic acids is 3. The van der Waals surface area contributed by atoms with Gasteiger partial charge in [0.25, 0.3) is 0 Å². The van der Waals surface area contributed by atoms with Gasteiger partial charge >= 0.3 is 0 Å². The number of nitrogens with one attached hydrogen (secondary N) is 2. The molecule has 1 unspecified atom stereocenters. The van der Waals surface area contributed by atoms with E-state index in [2.05, 4.69) is 10.6 Å². The molecule has 18 heavy (non-hydrogen) atoms. The Morgan fingerprint density at radius 1 is 1.39 bits per heavy atom. The van der Waals surface area contributed by atoms with E-state index in [9.17, 15) is 14.4 Å². The van der Waals surface area contributed by atoms with Gasteiger partial charge in [-0.25, -0.2) is 0 Å². The molecule has 100 valence electrons. The van der Waals surface area contributed by atoms with Crippen LogP contribution in [0, 0.1) is 11.8 Å². The first-order valence-corrected chi connectivity index (χ1v) is 6.39. The number of hydrogen-bond donors (Lipinski definition) is 2. The zero-order valence-electron chi connectivity index (χ0n) is 10.7. The van der Waals surface area contributed by atoms with E-state index < -0.39 is 11.9 Å². The van der Waals surface area contributed by atoms with E-state index in [1.54, 1.807) is 0 Å². The number of piperazine rings is 1. The molecule has 3 atom stereocenters. The normalized spacial score (nSPS) is 32.6. The summed E-state index contributed by atoms with van der Waals surface area (Å²) in [5.41, 5.74) is 0. The van der Waals surface area contributed by atoms with Crippen molar-refractivity contribution in [2.45, 2.75) is 26.3 Å². The molecule has 2 fully saturated rings. The minimum atomic E-state index is -0.511. The van der Waals surface area contributed by atoms with Gasteiger partial charge in [-0.05, 0) is 18.9 Å². The lowest BCUT2D eigenvalue weighted by atomic mass is 9.95. The van der Waals surface area contributed by atoms with Gasteiger partial charge in [0, 0.05) is 6.54 Å². The summed E-state index contributed by atoms with van der Waals surface area (Å²) >= 11 is 0. The van der Waals surface area contributed by atoms with Crippen molar-refractivity contribution in [3.8, 4) is 0 Å². The van der Waals surface area contributed by atoms with E-state index in [1.165, 1.54) is 4.90 Å². The number of carbonyl (C=O) groups is 3. The first kappa shape index (κ1) is 13.0. The largest absolute Gasteiger partial charge is 0.321 e. The molecule has 6 heteroatoms. The molecule has 0 aromatic rings. The smallest absolute Gasteiger partial charge is 0.249 e. The van der Waals surface area contributed by atoms with Crippen LogP contribution in [0.2, 0.25) is 0 Å². The first-order valence-electron chi connectivity index (χ1n) is 6.39. The van der Waals surface area contributed by atoms with Gasteiger partial charge in [0.2, 0.25) is 17.7 Å². The van der Waals surface area contributed by atoms with Gasteiger partial charge in [0.1, 0.15) is 12.6 Å². The Labute approximate surface area is 106 Å².